The van der Waals surface area contributed by atoms with E-state index in [0.717, 1.165) is 32.6 Å². The number of halogens is 3. The molecular formula is C22H15BrF2N2O. The van der Waals surface area contributed by atoms with Gasteiger partial charge in [-0.2, -0.15) is 5.10 Å². The molecule has 0 unspecified atom stereocenters. The second-order valence-electron chi connectivity index (χ2n) is 6.86. The zero-order valence-electron chi connectivity index (χ0n) is 14.6. The Kier molecular flexibility index (Phi) is 4.16. The second-order valence-corrected chi connectivity index (χ2v) is 7.77. The van der Waals surface area contributed by atoms with Crippen LogP contribution in [0.2, 0.25) is 0 Å². The Morgan fingerprint density at radius 1 is 0.929 bits per heavy atom. The Bertz CT molecular complexity index is 1070. The summed E-state index contributed by atoms with van der Waals surface area (Å²) in [5.41, 5.74) is 3.61. The molecule has 0 aromatic heterocycles. The van der Waals surface area contributed by atoms with Crippen LogP contribution in [0.3, 0.4) is 0 Å². The fraction of sp³-hybridized carbons (Fsp3) is 0.136. The van der Waals surface area contributed by atoms with Crippen LogP contribution < -0.4 is 4.74 Å². The molecule has 0 saturated heterocycles. The smallest absolute Gasteiger partial charge is 0.213 e. The SMILES string of the molecule is Fc1ccc(C2=NN3[C@H](C2)c2cc(Br)ccc2O[C@@H]3c2ccc(F)cc2)cc1. The number of hydrogen-bond donors (Lipinski definition) is 0. The highest BCUT2D eigenvalue weighted by Crippen LogP contribution is 2.48. The first-order valence-corrected chi connectivity index (χ1v) is 9.71. The third-order valence-corrected chi connectivity index (χ3v) is 5.58. The molecule has 28 heavy (non-hydrogen) atoms. The van der Waals surface area contributed by atoms with E-state index in [0.29, 0.717) is 6.42 Å². The summed E-state index contributed by atoms with van der Waals surface area (Å²) >= 11 is 3.53. The lowest BCUT2D eigenvalue weighted by atomic mass is 9.96. The number of ether oxygens (including phenoxy) is 1. The van der Waals surface area contributed by atoms with Crippen molar-refractivity contribution in [3.8, 4) is 5.75 Å². The minimum atomic E-state index is -0.461. The standard InChI is InChI=1S/C22H15BrF2N2O/c23-15-5-10-21-18(11-15)20-12-19(13-1-6-16(24)7-2-13)26-27(20)22(28-21)14-3-8-17(25)9-4-14/h1-11,20,22H,12H2/t20-,22-/m1/s1. The van der Waals surface area contributed by atoms with Crippen LogP contribution in [-0.4, -0.2) is 10.7 Å². The van der Waals surface area contributed by atoms with Crippen molar-refractivity contribution in [1.29, 1.82) is 0 Å². The minimum Gasteiger partial charge on any atom is -0.464 e. The van der Waals surface area contributed by atoms with E-state index in [1.165, 1.54) is 24.3 Å². The first-order valence-electron chi connectivity index (χ1n) is 8.92. The van der Waals surface area contributed by atoms with Crippen molar-refractivity contribution in [2.75, 3.05) is 0 Å². The average Bonchev–Trinajstić information content (AvgIpc) is 3.14. The monoisotopic (exact) mass is 440 g/mol. The van der Waals surface area contributed by atoms with Gasteiger partial charge in [0.15, 0.2) is 0 Å². The van der Waals surface area contributed by atoms with E-state index >= 15 is 0 Å². The van der Waals surface area contributed by atoms with Crippen molar-refractivity contribution in [2.45, 2.75) is 18.7 Å². The number of hydrazone groups is 1. The van der Waals surface area contributed by atoms with Crippen molar-refractivity contribution < 1.29 is 13.5 Å². The predicted molar refractivity (Wildman–Crippen MR) is 106 cm³/mol. The molecule has 0 N–H and O–H groups in total. The molecule has 6 heteroatoms. The summed E-state index contributed by atoms with van der Waals surface area (Å²) in [6.45, 7) is 0. The van der Waals surface area contributed by atoms with Crippen LogP contribution in [-0.2, 0) is 0 Å². The van der Waals surface area contributed by atoms with Crippen LogP contribution in [0.1, 0.15) is 35.4 Å². The molecule has 0 radical (unpaired) electrons. The Hall–Kier alpha value is -2.73. The summed E-state index contributed by atoms with van der Waals surface area (Å²) in [7, 11) is 0. The zero-order valence-corrected chi connectivity index (χ0v) is 16.2. The van der Waals surface area contributed by atoms with Gasteiger partial charge in [0, 0.05) is 22.0 Å². The second kappa shape index (κ2) is 6.71. The van der Waals surface area contributed by atoms with E-state index in [4.69, 9.17) is 9.84 Å². The molecule has 3 aromatic rings. The molecule has 140 valence electrons. The van der Waals surface area contributed by atoms with E-state index in [9.17, 15) is 8.78 Å². The van der Waals surface area contributed by atoms with Gasteiger partial charge in [-0.3, -0.25) is 0 Å². The summed E-state index contributed by atoms with van der Waals surface area (Å²) in [5, 5.41) is 6.73. The van der Waals surface area contributed by atoms with Crippen LogP contribution >= 0.6 is 15.9 Å². The fourth-order valence-corrected chi connectivity index (χ4v) is 4.10. The van der Waals surface area contributed by atoms with Crippen LogP contribution in [0.4, 0.5) is 8.78 Å². The number of benzene rings is 3. The average molecular weight is 441 g/mol. The van der Waals surface area contributed by atoms with Crippen LogP contribution in [0.15, 0.2) is 76.3 Å². The van der Waals surface area contributed by atoms with Crippen LogP contribution in [0.25, 0.3) is 0 Å². The number of fused-ring (bicyclic) bond motifs is 3. The van der Waals surface area contributed by atoms with Crippen LogP contribution in [0, 0.1) is 11.6 Å². The normalized spacial score (nSPS) is 20.2. The van der Waals surface area contributed by atoms with E-state index in [-0.39, 0.29) is 17.7 Å². The van der Waals surface area contributed by atoms with Gasteiger partial charge in [-0.25, -0.2) is 13.8 Å². The lowest BCUT2D eigenvalue weighted by molar-refractivity contribution is -0.0191. The molecule has 0 fully saturated rings. The lowest BCUT2D eigenvalue weighted by Gasteiger charge is -2.38. The van der Waals surface area contributed by atoms with Crippen molar-refractivity contribution in [1.82, 2.24) is 5.01 Å². The number of hydrogen-bond acceptors (Lipinski definition) is 3. The van der Waals surface area contributed by atoms with Crippen LogP contribution in [0.5, 0.6) is 5.75 Å². The van der Waals surface area contributed by atoms with Gasteiger partial charge < -0.3 is 4.74 Å². The van der Waals surface area contributed by atoms with Crippen molar-refractivity contribution in [3.05, 3.63) is 99.5 Å². The third kappa shape index (κ3) is 2.98. The van der Waals surface area contributed by atoms with Gasteiger partial charge in [0.1, 0.15) is 17.4 Å². The summed E-state index contributed by atoms with van der Waals surface area (Å²) in [6, 6.07) is 18.5. The summed E-state index contributed by atoms with van der Waals surface area (Å²) in [5.74, 6) is 0.216. The highest BCUT2D eigenvalue weighted by atomic mass is 79.9. The summed E-state index contributed by atoms with van der Waals surface area (Å²) < 4.78 is 33.9. The fourth-order valence-electron chi connectivity index (χ4n) is 3.72. The first kappa shape index (κ1) is 17.4. The number of rotatable bonds is 2. The summed E-state index contributed by atoms with van der Waals surface area (Å²) in [6.07, 6.45) is 0.216. The van der Waals surface area contributed by atoms with E-state index in [2.05, 4.69) is 15.9 Å². The Labute approximate surface area is 169 Å². The Morgan fingerprint density at radius 3 is 2.32 bits per heavy atom. The first-order chi connectivity index (χ1) is 13.6. The van der Waals surface area contributed by atoms with Gasteiger partial charge >= 0.3 is 0 Å². The largest absolute Gasteiger partial charge is 0.464 e. The van der Waals surface area contributed by atoms with Crippen molar-refractivity contribution in [2.24, 2.45) is 5.10 Å². The third-order valence-electron chi connectivity index (χ3n) is 5.08. The van der Waals surface area contributed by atoms with E-state index in [1.807, 2.05) is 23.2 Å². The Morgan fingerprint density at radius 2 is 1.61 bits per heavy atom. The van der Waals surface area contributed by atoms with Gasteiger partial charge in [0.05, 0.1) is 11.8 Å². The molecule has 0 spiro atoms. The topological polar surface area (TPSA) is 24.8 Å². The van der Waals surface area contributed by atoms with Gasteiger partial charge in [0.2, 0.25) is 6.23 Å². The zero-order chi connectivity index (χ0) is 19.3. The molecule has 2 atom stereocenters. The molecule has 3 aromatic carbocycles. The number of nitrogens with zero attached hydrogens (tertiary/aromatic N) is 2. The maximum atomic E-state index is 13.4. The van der Waals surface area contributed by atoms with E-state index < -0.39 is 6.23 Å². The molecule has 0 bridgehead atoms. The van der Waals surface area contributed by atoms with Gasteiger partial charge in [-0.1, -0.05) is 40.2 Å². The highest BCUT2D eigenvalue weighted by Gasteiger charge is 2.41. The molecule has 0 amide bonds. The van der Waals surface area contributed by atoms with Gasteiger partial charge in [-0.05, 0) is 48.0 Å². The predicted octanol–water partition coefficient (Wildman–Crippen LogP) is 5.97. The molecule has 5 rings (SSSR count). The summed E-state index contributed by atoms with van der Waals surface area (Å²) in [4.78, 5) is 0. The molecule has 2 aliphatic rings. The van der Waals surface area contributed by atoms with Crippen molar-refractivity contribution in [3.63, 3.8) is 0 Å². The quantitative estimate of drug-likeness (QED) is 0.490. The van der Waals surface area contributed by atoms with E-state index in [1.54, 1.807) is 24.3 Å². The molecular weight excluding hydrogens is 426 g/mol. The molecule has 0 saturated carbocycles. The van der Waals surface area contributed by atoms with Gasteiger partial charge in [-0.15, -0.1) is 0 Å². The lowest BCUT2D eigenvalue weighted by Crippen LogP contribution is -2.33. The highest BCUT2D eigenvalue weighted by molar-refractivity contribution is 9.10. The van der Waals surface area contributed by atoms with Crippen molar-refractivity contribution >= 4 is 21.6 Å². The van der Waals surface area contributed by atoms with Gasteiger partial charge in [0.25, 0.3) is 0 Å². The Balaban J connectivity index is 1.59. The molecule has 3 nitrogen and oxygen atoms in total. The molecule has 2 aliphatic heterocycles. The molecule has 0 aliphatic carbocycles. The maximum Gasteiger partial charge on any atom is 0.213 e. The maximum absolute atomic E-state index is 13.4. The molecule has 2 heterocycles. The minimum absolute atomic E-state index is 0.0173.